The number of anilines is 2. The van der Waals surface area contributed by atoms with Gasteiger partial charge in [-0.3, -0.25) is 14.4 Å². The largest absolute Gasteiger partial charge is 0.495 e. The van der Waals surface area contributed by atoms with Crippen molar-refractivity contribution in [3.63, 3.8) is 0 Å². The van der Waals surface area contributed by atoms with Crippen molar-refractivity contribution < 1.29 is 17.9 Å². The average Bonchev–Trinajstić information content (AvgIpc) is 3.10. The number of hydrogen-bond acceptors (Lipinski definition) is 8. The molecule has 0 bridgehead atoms. The Morgan fingerprint density at radius 2 is 2.07 bits per heavy atom. The maximum absolute atomic E-state index is 13.0. The number of methoxy groups -OCH3 is 1. The SMILES string of the molecule is CCC(C(=O)Nc1nnc(SCC(C)C)s1)N(c1cc(Cl)ccc1OC)S(C)(=O)=O. The Morgan fingerprint density at radius 3 is 2.63 bits per heavy atom. The minimum absolute atomic E-state index is 0.194. The standard InChI is InChI=1S/C18H25ClN4O4S3/c1-6-13(16(24)20-17-21-22-18(29-17)28-10-11(2)3)23(30(5,25)26)14-9-12(19)7-8-15(14)27-4/h7-9,11,13H,6,10H2,1-5H3,(H,20,21,24). The van der Waals surface area contributed by atoms with Crippen molar-refractivity contribution in [3.05, 3.63) is 23.2 Å². The first-order valence-corrected chi connectivity index (χ1v) is 13.2. The fourth-order valence-corrected chi connectivity index (χ4v) is 5.72. The van der Waals surface area contributed by atoms with Crippen molar-refractivity contribution in [2.24, 2.45) is 5.92 Å². The molecular formula is C18H25ClN4O4S3. The third-order valence-corrected chi connectivity index (χ3v) is 7.68. The van der Waals surface area contributed by atoms with Gasteiger partial charge in [-0.2, -0.15) is 0 Å². The zero-order valence-corrected chi connectivity index (χ0v) is 20.6. The van der Waals surface area contributed by atoms with E-state index in [4.69, 9.17) is 16.3 Å². The van der Waals surface area contributed by atoms with Gasteiger partial charge in [-0.25, -0.2) is 8.42 Å². The lowest BCUT2D eigenvalue weighted by molar-refractivity contribution is -0.117. The van der Waals surface area contributed by atoms with Crippen LogP contribution in [0.1, 0.15) is 27.2 Å². The van der Waals surface area contributed by atoms with E-state index < -0.39 is 22.0 Å². The van der Waals surface area contributed by atoms with Crippen molar-refractivity contribution >= 4 is 61.4 Å². The molecule has 2 rings (SSSR count). The normalized spacial score (nSPS) is 12.6. The van der Waals surface area contributed by atoms with Gasteiger partial charge in [-0.1, -0.05) is 55.5 Å². The van der Waals surface area contributed by atoms with E-state index in [2.05, 4.69) is 29.4 Å². The number of halogens is 1. The zero-order chi connectivity index (χ0) is 22.5. The molecule has 8 nitrogen and oxygen atoms in total. The molecule has 1 unspecified atom stereocenters. The predicted molar refractivity (Wildman–Crippen MR) is 124 cm³/mol. The third kappa shape index (κ3) is 6.47. The predicted octanol–water partition coefficient (Wildman–Crippen LogP) is 4.13. The summed E-state index contributed by atoms with van der Waals surface area (Å²) in [7, 11) is -2.41. The van der Waals surface area contributed by atoms with Crippen LogP contribution in [0, 0.1) is 5.92 Å². The van der Waals surface area contributed by atoms with Crippen LogP contribution < -0.4 is 14.4 Å². The monoisotopic (exact) mass is 492 g/mol. The highest BCUT2D eigenvalue weighted by Gasteiger charge is 2.34. The first-order valence-electron chi connectivity index (χ1n) is 9.16. The van der Waals surface area contributed by atoms with Gasteiger partial charge in [0.05, 0.1) is 19.1 Å². The number of sulfonamides is 1. The number of thioether (sulfide) groups is 1. The summed E-state index contributed by atoms with van der Waals surface area (Å²) in [5.74, 6) is 1.16. The van der Waals surface area contributed by atoms with Gasteiger partial charge in [0.15, 0.2) is 4.34 Å². The van der Waals surface area contributed by atoms with Gasteiger partial charge >= 0.3 is 0 Å². The van der Waals surface area contributed by atoms with E-state index in [-0.39, 0.29) is 12.1 Å². The third-order valence-electron chi connectivity index (χ3n) is 3.88. The number of nitrogens with zero attached hydrogens (tertiary/aromatic N) is 3. The second-order valence-corrected chi connectivity index (χ2v) is 11.4. The number of carbonyl (C=O) groups is 1. The maximum atomic E-state index is 13.0. The Morgan fingerprint density at radius 1 is 1.37 bits per heavy atom. The molecule has 2 aromatic rings. The van der Waals surface area contributed by atoms with Gasteiger partial charge in [0.25, 0.3) is 0 Å². The molecule has 1 N–H and O–H groups in total. The minimum atomic E-state index is -3.83. The van der Waals surface area contributed by atoms with Crippen LogP contribution in [0.5, 0.6) is 5.75 Å². The van der Waals surface area contributed by atoms with Crippen LogP contribution in [-0.4, -0.2) is 49.7 Å². The lowest BCUT2D eigenvalue weighted by Crippen LogP contribution is -2.47. The summed E-state index contributed by atoms with van der Waals surface area (Å²) >= 11 is 8.90. The highest BCUT2D eigenvalue weighted by molar-refractivity contribution is 8.01. The number of ether oxygens (including phenoxy) is 1. The van der Waals surface area contributed by atoms with Gasteiger partial charge < -0.3 is 4.74 Å². The average molecular weight is 493 g/mol. The summed E-state index contributed by atoms with van der Waals surface area (Å²) in [5, 5.41) is 11.4. The molecule has 12 heteroatoms. The molecule has 1 heterocycles. The fourth-order valence-electron chi connectivity index (χ4n) is 2.62. The first-order chi connectivity index (χ1) is 14.1. The molecule has 0 radical (unpaired) electrons. The van der Waals surface area contributed by atoms with Gasteiger partial charge in [-0.05, 0) is 30.5 Å². The van der Waals surface area contributed by atoms with Gasteiger partial charge in [0, 0.05) is 10.8 Å². The van der Waals surface area contributed by atoms with Crippen molar-refractivity contribution in [1.82, 2.24) is 10.2 Å². The highest BCUT2D eigenvalue weighted by atomic mass is 35.5. The van der Waals surface area contributed by atoms with Crippen LogP contribution in [-0.2, 0) is 14.8 Å². The summed E-state index contributed by atoms with van der Waals surface area (Å²) in [6.45, 7) is 5.93. The second-order valence-electron chi connectivity index (χ2n) is 6.87. The van der Waals surface area contributed by atoms with Gasteiger partial charge in [0.1, 0.15) is 11.8 Å². The maximum Gasteiger partial charge on any atom is 0.250 e. The number of hydrogen-bond donors (Lipinski definition) is 1. The lowest BCUT2D eigenvalue weighted by Gasteiger charge is -2.30. The Hall–Kier alpha value is -1.56. The van der Waals surface area contributed by atoms with E-state index in [1.807, 2.05) is 0 Å². The number of rotatable bonds is 10. The molecule has 1 atom stereocenters. The van der Waals surface area contributed by atoms with Crippen LogP contribution in [0.2, 0.25) is 5.02 Å². The minimum Gasteiger partial charge on any atom is -0.495 e. The number of amides is 1. The Labute approximate surface area is 190 Å². The van der Waals surface area contributed by atoms with Crippen molar-refractivity contribution in [2.45, 2.75) is 37.6 Å². The number of benzene rings is 1. The highest BCUT2D eigenvalue weighted by Crippen LogP contribution is 2.35. The Balaban J connectivity index is 2.32. The second kappa shape index (κ2) is 10.7. The van der Waals surface area contributed by atoms with Gasteiger partial charge in [0.2, 0.25) is 21.1 Å². The number of nitrogens with one attached hydrogen (secondary N) is 1. The van der Waals surface area contributed by atoms with Crippen molar-refractivity contribution in [3.8, 4) is 5.75 Å². The number of aromatic nitrogens is 2. The molecule has 166 valence electrons. The van der Waals surface area contributed by atoms with Crippen LogP contribution in [0.3, 0.4) is 0 Å². The molecule has 1 aromatic carbocycles. The Bertz CT molecular complexity index is 982. The molecule has 0 saturated heterocycles. The zero-order valence-electron chi connectivity index (χ0n) is 17.4. The molecule has 0 aliphatic heterocycles. The quantitative estimate of drug-likeness (QED) is 0.393. The van der Waals surface area contributed by atoms with E-state index in [0.717, 1.165) is 20.7 Å². The lowest BCUT2D eigenvalue weighted by atomic mass is 10.2. The van der Waals surface area contributed by atoms with E-state index in [0.29, 0.717) is 21.8 Å². The van der Waals surface area contributed by atoms with E-state index in [9.17, 15) is 13.2 Å². The van der Waals surface area contributed by atoms with Crippen LogP contribution >= 0.6 is 34.7 Å². The molecule has 0 aliphatic rings. The molecule has 0 saturated carbocycles. The van der Waals surface area contributed by atoms with Crippen LogP contribution in [0.4, 0.5) is 10.8 Å². The molecule has 0 aliphatic carbocycles. The number of carbonyl (C=O) groups excluding carboxylic acids is 1. The summed E-state index contributed by atoms with van der Waals surface area (Å²) < 4.78 is 32.3. The van der Waals surface area contributed by atoms with Crippen molar-refractivity contribution in [2.75, 3.05) is 28.7 Å². The van der Waals surface area contributed by atoms with Crippen LogP contribution in [0.25, 0.3) is 0 Å². The molecule has 0 fully saturated rings. The molecule has 1 amide bonds. The van der Waals surface area contributed by atoms with E-state index in [1.54, 1.807) is 30.8 Å². The molecular weight excluding hydrogens is 468 g/mol. The van der Waals surface area contributed by atoms with Crippen LogP contribution in [0.15, 0.2) is 22.5 Å². The topological polar surface area (TPSA) is 101 Å². The van der Waals surface area contributed by atoms with Gasteiger partial charge in [-0.15, -0.1) is 10.2 Å². The Kier molecular flexibility index (Phi) is 8.77. The van der Waals surface area contributed by atoms with E-state index in [1.165, 1.54) is 24.5 Å². The molecule has 0 spiro atoms. The van der Waals surface area contributed by atoms with E-state index >= 15 is 0 Å². The smallest absolute Gasteiger partial charge is 0.250 e. The van der Waals surface area contributed by atoms with Crippen molar-refractivity contribution in [1.29, 1.82) is 0 Å². The summed E-state index contributed by atoms with van der Waals surface area (Å²) in [5.41, 5.74) is 0.194. The summed E-state index contributed by atoms with van der Waals surface area (Å²) in [6.07, 6.45) is 1.26. The first kappa shape index (κ1) is 24.7. The fraction of sp³-hybridized carbons (Fsp3) is 0.500. The molecule has 30 heavy (non-hydrogen) atoms. The summed E-state index contributed by atoms with van der Waals surface area (Å²) in [6, 6.07) is 3.58. The molecule has 1 aromatic heterocycles. The summed E-state index contributed by atoms with van der Waals surface area (Å²) in [4.78, 5) is 13.0.